The van der Waals surface area contributed by atoms with Crippen LogP contribution in [0.25, 0.3) is 0 Å². The van der Waals surface area contributed by atoms with Gasteiger partial charge < -0.3 is 11.1 Å². The fourth-order valence-electron chi connectivity index (χ4n) is 2.85. The molecule has 0 saturated heterocycles. The molecule has 4 nitrogen and oxygen atoms in total. The molecule has 1 aliphatic carbocycles. The molecule has 1 atom stereocenters. The SMILES string of the molecule is CC(=O)c1csc(C(=O)NC2CCCc3cc(N)ccc32)c1.Cl. The van der Waals surface area contributed by atoms with Crippen LogP contribution in [-0.4, -0.2) is 11.7 Å². The van der Waals surface area contributed by atoms with Crippen molar-refractivity contribution in [2.75, 3.05) is 5.73 Å². The summed E-state index contributed by atoms with van der Waals surface area (Å²) in [6, 6.07) is 7.55. The molecule has 1 heterocycles. The highest BCUT2D eigenvalue weighted by molar-refractivity contribution is 7.12. The topological polar surface area (TPSA) is 72.2 Å². The average molecular weight is 351 g/mol. The number of carbonyl (C=O) groups excluding carboxylic acids is 2. The molecule has 1 amide bonds. The van der Waals surface area contributed by atoms with Crippen LogP contribution in [-0.2, 0) is 6.42 Å². The Hall–Kier alpha value is -1.85. The summed E-state index contributed by atoms with van der Waals surface area (Å²) in [4.78, 5) is 24.3. The van der Waals surface area contributed by atoms with Crippen LogP contribution >= 0.6 is 23.7 Å². The summed E-state index contributed by atoms with van der Waals surface area (Å²) in [5.41, 5.74) is 9.55. The fraction of sp³-hybridized carbons (Fsp3) is 0.294. The molecule has 3 rings (SSSR count). The number of halogens is 1. The van der Waals surface area contributed by atoms with E-state index in [1.807, 2.05) is 18.2 Å². The van der Waals surface area contributed by atoms with Crippen LogP contribution in [0.5, 0.6) is 0 Å². The number of hydrogen-bond acceptors (Lipinski definition) is 4. The first-order chi connectivity index (χ1) is 10.5. The third-order valence-electron chi connectivity index (χ3n) is 4.02. The summed E-state index contributed by atoms with van der Waals surface area (Å²) in [7, 11) is 0. The largest absolute Gasteiger partial charge is 0.399 e. The van der Waals surface area contributed by atoms with Crippen molar-refractivity contribution in [3.63, 3.8) is 0 Å². The molecular weight excluding hydrogens is 332 g/mol. The monoisotopic (exact) mass is 350 g/mol. The predicted molar refractivity (Wildman–Crippen MR) is 95.6 cm³/mol. The molecule has 0 spiro atoms. The number of thiophene rings is 1. The van der Waals surface area contributed by atoms with Gasteiger partial charge in [0.15, 0.2) is 5.78 Å². The number of amides is 1. The summed E-state index contributed by atoms with van der Waals surface area (Å²) >= 11 is 1.31. The Kier molecular flexibility index (Phi) is 5.44. The lowest BCUT2D eigenvalue weighted by atomic mass is 9.87. The second kappa shape index (κ2) is 7.15. The first kappa shape index (κ1) is 17.5. The number of carbonyl (C=O) groups is 2. The van der Waals surface area contributed by atoms with E-state index in [0.29, 0.717) is 10.4 Å². The molecule has 2 aromatic rings. The molecule has 0 saturated carbocycles. The van der Waals surface area contributed by atoms with Crippen molar-refractivity contribution >= 4 is 41.1 Å². The average Bonchev–Trinajstić information content (AvgIpc) is 2.97. The normalized spacial score (nSPS) is 16.1. The number of hydrogen-bond donors (Lipinski definition) is 2. The Morgan fingerprint density at radius 1 is 1.30 bits per heavy atom. The number of ketones is 1. The number of Topliss-reactive ketones (excluding diaryl/α,β-unsaturated/α-hetero) is 1. The van der Waals surface area contributed by atoms with Gasteiger partial charge in [-0.15, -0.1) is 23.7 Å². The highest BCUT2D eigenvalue weighted by Crippen LogP contribution is 2.31. The zero-order valence-electron chi connectivity index (χ0n) is 12.8. The third kappa shape index (κ3) is 3.74. The van der Waals surface area contributed by atoms with Gasteiger partial charge in [-0.05, 0) is 55.5 Å². The van der Waals surface area contributed by atoms with Crippen LogP contribution in [0, 0.1) is 0 Å². The number of aryl methyl sites for hydroxylation is 1. The number of fused-ring (bicyclic) bond motifs is 1. The minimum Gasteiger partial charge on any atom is -0.399 e. The Labute approximate surface area is 145 Å². The summed E-state index contributed by atoms with van der Waals surface area (Å²) in [6.45, 7) is 1.51. The van der Waals surface area contributed by atoms with Crippen molar-refractivity contribution in [2.24, 2.45) is 0 Å². The second-order valence-electron chi connectivity index (χ2n) is 5.63. The molecule has 1 aromatic carbocycles. The van der Waals surface area contributed by atoms with Crippen molar-refractivity contribution in [2.45, 2.75) is 32.2 Å². The van der Waals surface area contributed by atoms with Crippen molar-refractivity contribution in [1.29, 1.82) is 0 Å². The van der Waals surface area contributed by atoms with Crippen molar-refractivity contribution in [3.8, 4) is 0 Å². The highest BCUT2D eigenvalue weighted by Gasteiger charge is 2.23. The molecule has 1 aromatic heterocycles. The van der Waals surface area contributed by atoms with Crippen LogP contribution in [0.3, 0.4) is 0 Å². The number of rotatable bonds is 3. The van der Waals surface area contributed by atoms with Gasteiger partial charge in [0.25, 0.3) is 5.91 Å². The molecule has 0 radical (unpaired) electrons. The Balaban J connectivity index is 0.00000192. The van der Waals surface area contributed by atoms with Gasteiger partial charge in [-0.3, -0.25) is 9.59 Å². The smallest absolute Gasteiger partial charge is 0.261 e. The minimum atomic E-state index is -0.118. The molecule has 0 fully saturated rings. The number of benzene rings is 1. The fourth-order valence-corrected chi connectivity index (χ4v) is 3.70. The molecule has 0 bridgehead atoms. The van der Waals surface area contributed by atoms with E-state index in [-0.39, 0.29) is 30.1 Å². The minimum absolute atomic E-state index is 0. The quantitative estimate of drug-likeness (QED) is 0.654. The van der Waals surface area contributed by atoms with Crippen LogP contribution in [0.15, 0.2) is 29.6 Å². The van der Waals surface area contributed by atoms with Gasteiger partial charge in [0.05, 0.1) is 10.9 Å². The van der Waals surface area contributed by atoms with E-state index >= 15 is 0 Å². The molecule has 122 valence electrons. The van der Waals surface area contributed by atoms with Gasteiger partial charge >= 0.3 is 0 Å². The van der Waals surface area contributed by atoms with Gasteiger partial charge in [0.2, 0.25) is 0 Å². The summed E-state index contributed by atoms with van der Waals surface area (Å²) in [5, 5.41) is 4.81. The first-order valence-corrected chi connectivity index (χ1v) is 8.21. The van der Waals surface area contributed by atoms with Crippen LogP contribution < -0.4 is 11.1 Å². The number of anilines is 1. The van der Waals surface area contributed by atoms with Crippen molar-refractivity contribution < 1.29 is 9.59 Å². The summed E-state index contributed by atoms with van der Waals surface area (Å²) in [5.74, 6) is -0.138. The molecular formula is C17H19ClN2O2S. The van der Waals surface area contributed by atoms with E-state index in [1.54, 1.807) is 11.4 Å². The Morgan fingerprint density at radius 2 is 2.09 bits per heavy atom. The second-order valence-corrected chi connectivity index (χ2v) is 6.54. The molecule has 0 aliphatic heterocycles. The zero-order valence-corrected chi connectivity index (χ0v) is 14.4. The van der Waals surface area contributed by atoms with Gasteiger partial charge in [0, 0.05) is 16.6 Å². The number of nitrogens with two attached hydrogens (primary N) is 1. The summed E-state index contributed by atoms with van der Waals surface area (Å²) < 4.78 is 0. The molecule has 3 N–H and O–H groups in total. The first-order valence-electron chi connectivity index (χ1n) is 7.33. The molecule has 6 heteroatoms. The molecule has 23 heavy (non-hydrogen) atoms. The van der Waals surface area contributed by atoms with E-state index in [1.165, 1.54) is 23.8 Å². The lowest BCUT2D eigenvalue weighted by Crippen LogP contribution is -2.30. The maximum atomic E-state index is 12.4. The van der Waals surface area contributed by atoms with E-state index in [9.17, 15) is 9.59 Å². The highest BCUT2D eigenvalue weighted by atomic mass is 35.5. The van der Waals surface area contributed by atoms with E-state index in [0.717, 1.165) is 30.5 Å². The van der Waals surface area contributed by atoms with Crippen molar-refractivity contribution in [1.82, 2.24) is 5.32 Å². The van der Waals surface area contributed by atoms with E-state index in [4.69, 9.17) is 5.73 Å². The van der Waals surface area contributed by atoms with Gasteiger partial charge in [-0.1, -0.05) is 6.07 Å². The standard InChI is InChI=1S/C17H18N2O2S.ClH/c1-10(20)12-8-16(22-9-12)17(21)19-15-4-2-3-11-7-13(18)5-6-14(11)15;/h5-9,15H,2-4,18H2,1H3,(H,19,21);1H. The third-order valence-corrected chi connectivity index (χ3v) is 4.95. The molecule has 1 unspecified atom stereocenters. The number of nitrogen functional groups attached to an aromatic ring is 1. The van der Waals surface area contributed by atoms with E-state index in [2.05, 4.69) is 5.32 Å². The summed E-state index contributed by atoms with van der Waals surface area (Å²) in [6.07, 6.45) is 2.96. The predicted octanol–water partition coefficient (Wildman–Crippen LogP) is 3.76. The van der Waals surface area contributed by atoms with Crippen LogP contribution in [0.1, 0.15) is 57.0 Å². The number of nitrogens with one attached hydrogen (secondary N) is 1. The van der Waals surface area contributed by atoms with Gasteiger partial charge in [0.1, 0.15) is 0 Å². The van der Waals surface area contributed by atoms with Gasteiger partial charge in [-0.25, -0.2) is 0 Å². The molecule has 1 aliphatic rings. The van der Waals surface area contributed by atoms with Crippen LogP contribution in [0.2, 0.25) is 0 Å². The van der Waals surface area contributed by atoms with Gasteiger partial charge in [-0.2, -0.15) is 0 Å². The Bertz CT molecular complexity index is 742. The lowest BCUT2D eigenvalue weighted by molar-refractivity contribution is 0.0937. The van der Waals surface area contributed by atoms with E-state index < -0.39 is 0 Å². The zero-order chi connectivity index (χ0) is 15.7. The lowest BCUT2D eigenvalue weighted by Gasteiger charge is -2.26. The Morgan fingerprint density at radius 3 is 2.78 bits per heavy atom. The maximum Gasteiger partial charge on any atom is 0.261 e. The van der Waals surface area contributed by atoms with Crippen LogP contribution in [0.4, 0.5) is 5.69 Å². The maximum absolute atomic E-state index is 12.4. The van der Waals surface area contributed by atoms with Crippen molar-refractivity contribution in [3.05, 3.63) is 51.2 Å².